The van der Waals surface area contributed by atoms with Crippen LogP contribution in [0.1, 0.15) is 50.8 Å². The first-order chi connectivity index (χ1) is 8.80. The zero-order chi connectivity index (χ0) is 14.2. The second-order valence-electron chi connectivity index (χ2n) is 6.85. The minimum atomic E-state index is 0.205. The number of aromatic nitrogens is 2. The highest BCUT2D eigenvalue weighted by atomic mass is 35.5. The summed E-state index contributed by atoms with van der Waals surface area (Å²) in [5.41, 5.74) is 9.06. The molecule has 1 aliphatic carbocycles. The molecule has 2 N–H and O–H groups in total. The van der Waals surface area contributed by atoms with E-state index in [2.05, 4.69) is 18.9 Å². The van der Waals surface area contributed by atoms with Gasteiger partial charge in [0.1, 0.15) is 5.15 Å². The van der Waals surface area contributed by atoms with Gasteiger partial charge in [-0.15, -0.1) is 0 Å². The topological polar surface area (TPSA) is 43.8 Å². The number of rotatable bonds is 3. The number of nitrogens with zero attached hydrogens (tertiary/aromatic N) is 2. The van der Waals surface area contributed by atoms with Crippen LogP contribution in [-0.4, -0.2) is 15.8 Å². The zero-order valence-electron chi connectivity index (χ0n) is 12.5. The Morgan fingerprint density at radius 1 is 1.42 bits per heavy atom. The van der Waals surface area contributed by atoms with Crippen LogP contribution in [-0.2, 0) is 13.5 Å². The number of halogens is 1. The molecule has 0 aliphatic heterocycles. The fourth-order valence-corrected chi connectivity index (χ4v) is 3.41. The van der Waals surface area contributed by atoms with Crippen molar-refractivity contribution in [3.05, 3.63) is 16.4 Å². The van der Waals surface area contributed by atoms with Crippen LogP contribution in [0.15, 0.2) is 0 Å². The Morgan fingerprint density at radius 2 is 2.00 bits per heavy atom. The summed E-state index contributed by atoms with van der Waals surface area (Å²) in [7, 11) is 1.88. The number of nitrogens with two attached hydrogens (primary N) is 1. The van der Waals surface area contributed by atoms with Crippen LogP contribution < -0.4 is 5.73 Å². The summed E-state index contributed by atoms with van der Waals surface area (Å²) in [6.07, 6.45) is 5.90. The van der Waals surface area contributed by atoms with Gasteiger partial charge in [-0.05, 0) is 50.4 Å². The third kappa shape index (κ3) is 3.32. The van der Waals surface area contributed by atoms with Crippen LogP contribution >= 0.6 is 11.6 Å². The van der Waals surface area contributed by atoms with Crippen LogP contribution in [0.4, 0.5) is 0 Å². The van der Waals surface area contributed by atoms with E-state index in [0.717, 1.165) is 22.8 Å². The van der Waals surface area contributed by atoms with Crippen molar-refractivity contribution in [2.24, 2.45) is 24.1 Å². The molecule has 0 bridgehead atoms. The fourth-order valence-electron chi connectivity index (χ4n) is 3.16. The molecule has 1 aromatic heterocycles. The van der Waals surface area contributed by atoms with Gasteiger partial charge in [-0.1, -0.05) is 25.4 Å². The summed E-state index contributed by atoms with van der Waals surface area (Å²) >= 11 is 6.29. The highest BCUT2D eigenvalue weighted by Gasteiger charge is 2.30. The van der Waals surface area contributed by atoms with Crippen molar-refractivity contribution in [3.8, 4) is 0 Å². The molecule has 1 atom stereocenters. The molecule has 1 fully saturated rings. The predicted molar refractivity (Wildman–Crippen MR) is 80.4 cm³/mol. The Bertz CT molecular complexity index is 440. The average Bonchev–Trinajstić information content (AvgIpc) is 2.56. The molecule has 0 amide bonds. The molecule has 0 aromatic carbocycles. The molecule has 19 heavy (non-hydrogen) atoms. The van der Waals surface area contributed by atoms with Gasteiger partial charge < -0.3 is 5.73 Å². The molecule has 1 aliphatic rings. The van der Waals surface area contributed by atoms with Crippen LogP contribution in [0.2, 0.25) is 5.15 Å². The van der Waals surface area contributed by atoms with Gasteiger partial charge in [0, 0.05) is 18.7 Å². The first kappa shape index (κ1) is 14.9. The molecule has 108 valence electrons. The van der Waals surface area contributed by atoms with E-state index < -0.39 is 0 Å². The van der Waals surface area contributed by atoms with Crippen LogP contribution in [0.5, 0.6) is 0 Å². The summed E-state index contributed by atoms with van der Waals surface area (Å²) in [4.78, 5) is 0. The summed E-state index contributed by atoms with van der Waals surface area (Å²) in [6.45, 7) is 6.73. The molecule has 0 radical (unpaired) electrons. The smallest absolute Gasteiger partial charge is 0.130 e. The molecule has 3 nitrogen and oxygen atoms in total. The van der Waals surface area contributed by atoms with Crippen molar-refractivity contribution >= 4 is 11.6 Å². The van der Waals surface area contributed by atoms with E-state index in [1.165, 1.54) is 25.7 Å². The summed E-state index contributed by atoms with van der Waals surface area (Å²) in [6, 6.07) is 0.205. The van der Waals surface area contributed by atoms with Crippen LogP contribution in [0.3, 0.4) is 0 Å². The van der Waals surface area contributed by atoms with Crippen molar-refractivity contribution in [2.45, 2.75) is 58.9 Å². The summed E-state index contributed by atoms with van der Waals surface area (Å²) in [5, 5.41) is 5.10. The SMILES string of the molecule is Cc1nn(C)c(Cl)c1CC(N)C1CCC(C)(C)CC1. The minimum absolute atomic E-state index is 0.205. The number of hydrogen-bond donors (Lipinski definition) is 1. The van der Waals surface area contributed by atoms with Crippen LogP contribution in [0, 0.1) is 18.3 Å². The van der Waals surface area contributed by atoms with Gasteiger partial charge in [0.15, 0.2) is 0 Å². The van der Waals surface area contributed by atoms with Crippen molar-refractivity contribution < 1.29 is 0 Å². The highest BCUT2D eigenvalue weighted by molar-refractivity contribution is 6.30. The lowest BCUT2D eigenvalue weighted by atomic mass is 9.70. The Kier molecular flexibility index (Phi) is 4.26. The fraction of sp³-hybridized carbons (Fsp3) is 0.800. The Balaban J connectivity index is 2.00. The average molecular weight is 284 g/mol. The summed E-state index contributed by atoms with van der Waals surface area (Å²) in [5.74, 6) is 0.628. The van der Waals surface area contributed by atoms with Crippen molar-refractivity contribution in [2.75, 3.05) is 0 Å². The first-order valence-electron chi connectivity index (χ1n) is 7.24. The summed E-state index contributed by atoms with van der Waals surface area (Å²) < 4.78 is 1.74. The number of hydrogen-bond acceptors (Lipinski definition) is 2. The van der Waals surface area contributed by atoms with Crippen molar-refractivity contribution in [3.63, 3.8) is 0 Å². The molecule has 0 spiro atoms. The lowest BCUT2D eigenvalue weighted by Crippen LogP contribution is -2.36. The molecule has 4 heteroatoms. The van der Waals surface area contributed by atoms with Gasteiger partial charge in [-0.25, -0.2) is 0 Å². The quantitative estimate of drug-likeness (QED) is 0.923. The van der Waals surface area contributed by atoms with E-state index in [0.29, 0.717) is 11.3 Å². The Labute approximate surface area is 121 Å². The van der Waals surface area contributed by atoms with E-state index >= 15 is 0 Å². The maximum absolute atomic E-state index is 6.42. The molecule has 1 aromatic rings. The van der Waals surface area contributed by atoms with Gasteiger partial charge >= 0.3 is 0 Å². The van der Waals surface area contributed by atoms with E-state index in [1.54, 1.807) is 4.68 Å². The third-order valence-electron chi connectivity index (χ3n) is 4.70. The van der Waals surface area contributed by atoms with Gasteiger partial charge in [0.25, 0.3) is 0 Å². The maximum atomic E-state index is 6.42. The second kappa shape index (κ2) is 5.45. The number of aryl methyl sites for hydroxylation is 2. The van der Waals surface area contributed by atoms with Gasteiger partial charge in [0.2, 0.25) is 0 Å². The lowest BCUT2D eigenvalue weighted by Gasteiger charge is -2.36. The monoisotopic (exact) mass is 283 g/mol. The standard InChI is InChI=1S/C15H26ClN3/c1-10-12(14(16)19(4)18-10)9-13(17)11-5-7-15(2,3)8-6-11/h11,13H,5-9,17H2,1-4H3. The molecule has 2 rings (SSSR count). The van der Waals surface area contributed by atoms with E-state index in [1.807, 2.05) is 14.0 Å². The molecule has 1 unspecified atom stereocenters. The van der Waals surface area contributed by atoms with E-state index in [-0.39, 0.29) is 6.04 Å². The molecule has 0 saturated heterocycles. The first-order valence-corrected chi connectivity index (χ1v) is 7.61. The third-order valence-corrected chi connectivity index (χ3v) is 5.17. The largest absolute Gasteiger partial charge is 0.327 e. The van der Waals surface area contributed by atoms with Crippen molar-refractivity contribution in [1.82, 2.24) is 9.78 Å². The maximum Gasteiger partial charge on any atom is 0.130 e. The molecular weight excluding hydrogens is 258 g/mol. The normalized spacial score (nSPS) is 21.6. The Hall–Kier alpha value is -0.540. The molecular formula is C15H26ClN3. The van der Waals surface area contributed by atoms with E-state index in [9.17, 15) is 0 Å². The van der Waals surface area contributed by atoms with Gasteiger partial charge in [-0.2, -0.15) is 5.10 Å². The lowest BCUT2D eigenvalue weighted by molar-refractivity contribution is 0.173. The predicted octanol–water partition coefficient (Wildman–Crippen LogP) is 3.47. The minimum Gasteiger partial charge on any atom is -0.327 e. The van der Waals surface area contributed by atoms with Gasteiger partial charge in [0.05, 0.1) is 5.69 Å². The second-order valence-corrected chi connectivity index (χ2v) is 7.21. The highest BCUT2D eigenvalue weighted by Crippen LogP contribution is 2.39. The van der Waals surface area contributed by atoms with Gasteiger partial charge in [-0.3, -0.25) is 4.68 Å². The zero-order valence-corrected chi connectivity index (χ0v) is 13.3. The molecule has 1 saturated carbocycles. The molecule has 1 heterocycles. The Morgan fingerprint density at radius 3 is 2.47 bits per heavy atom. The van der Waals surface area contributed by atoms with Crippen LogP contribution in [0.25, 0.3) is 0 Å². The van der Waals surface area contributed by atoms with E-state index in [4.69, 9.17) is 17.3 Å². The van der Waals surface area contributed by atoms with Crippen molar-refractivity contribution in [1.29, 1.82) is 0 Å².